The van der Waals surface area contributed by atoms with Gasteiger partial charge >= 0.3 is 0 Å². The second-order valence-electron chi connectivity index (χ2n) is 2.69. The highest BCUT2D eigenvalue weighted by molar-refractivity contribution is 5.73. The maximum Gasteiger partial charge on any atom is 0.0489 e. The van der Waals surface area contributed by atoms with Gasteiger partial charge in [0.1, 0.15) is 0 Å². The molecule has 2 heteroatoms. The molecule has 1 atom stereocenters. The van der Waals surface area contributed by atoms with Gasteiger partial charge in [0.15, 0.2) is 0 Å². The summed E-state index contributed by atoms with van der Waals surface area (Å²) in [6.07, 6.45) is 0.576. The number of hydrogen-bond donors (Lipinski definition) is 0. The molecule has 0 saturated heterocycles. The third kappa shape index (κ3) is 1.84. The summed E-state index contributed by atoms with van der Waals surface area (Å²) in [6, 6.07) is 9.15. The minimum Gasteiger partial charge on any atom is -0.549 e. The summed E-state index contributed by atoms with van der Waals surface area (Å²) < 4.78 is 0. The third-order valence-electron chi connectivity index (χ3n) is 1.89. The van der Waals surface area contributed by atoms with Gasteiger partial charge in [-0.15, -0.1) is 0 Å². The number of benzene rings is 1. The van der Waals surface area contributed by atoms with Gasteiger partial charge in [-0.25, -0.2) is 0 Å². The molecular weight excluding hydrogens is 152 g/mol. The van der Waals surface area contributed by atoms with Crippen molar-refractivity contribution in [3.8, 4) is 0 Å². The van der Waals surface area contributed by atoms with Crippen LogP contribution < -0.4 is 5.11 Å². The lowest BCUT2D eigenvalue weighted by atomic mass is 9.97. The van der Waals surface area contributed by atoms with Gasteiger partial charge in [0.05, 0.1) is 0 Å². The van der Waals surface area contributed by atoms with Gasteiger partial charge in [-0.2, -0.15) is 0 Å². The van der Waals surface area contributed by atoms with E-state index in [1.807, 2.05) is 37.3 Å². The first-order valence-electron chi connectivity index (χ1n) is 4.01. The van der Waals surface area contributed by atoms with E-state index in [0.29, 0.717) is 6.42 Å². The molecule has 12 heavy (non-hydrogen) atoms. The fraction of sp³-hybridized carbons (Fsp3) is 0.300. The first-order chi connectivity index (χ1) is 5.75. The van der Waals surface area contributed by atoms with Crippen LogP contribution >= 0.6 is 0 Å². The Morgan fingerprint density at radius 2 is 2.00 bits per heavy atom. The fourth-order valence-corrected chi connectivity index (χ4v) is 1.22. The van der Waals surface area contributed by atoms with E-state index in [1.165, 1.54) is 0 Å². The molecular formula is C10H11O2-. The Morgan fingerprint density at radius 1 is 1.42 bits per heavy atom. The lowest BCUT2D eigenvalue weighted by molar-refractivity contribution is -0.308. The van der Waals surface area contributed by atoms with E-state index >= 15 is 0 Å². The number of carboxylic acid groups (broad SMARTS) is 1. The highest BCUT2D eigenvalue weighted by Crippen LogP contribution is 2.17. The average molecular weight is 163 g/mol. The Morgan fingerprint density at radius 3 is 2.42 bits per heavy atom. The normalized spacial score (nSPS) is 12.4. The van der Waals surface area contributed by atoms with Gasteiger partial charge in [-0.1, -0.05) is 37.3 Å². The number of aliphatic carboxylic acids is 1. The highest BCUT2D eigenvalue weighted by Gasteiger charge is 2.08. The molecule has 0 spiro atoms. The zero-order valence-corrected chi connectivity index (χ0v) is 6.99. The number of carbonyl (C=O) groups excluding carboxylic acids is 1. The molecule has 0 heterocycles. The van der Waals surface area contributed by atoms with Crippen LogP contribution in [0.3, 0.4) is 0 Å². The highest BCUT2D eigenvalue weighted by atomic mass is 16.4. The van der Waals surface area contributed by atoms with Gasteiger partial charge in [-0.3, -0.25) is 0 Å². The minimum absolute atomic E-state index is 0.466. The van der Waals surface area contributed by atoms with Crippen molar-refractivity contribution < 1.29 is 9.90 Å². The molecule has 0 saturated carbocycles. The molecule has 0 aliphatic heterocycles. The SMILES string of the molecule is CC[C@@H](C(=O)[O-])c1ccccc1. The molecule has 0 amide bonds. The quantitative estimate of drug-likeness (QED) is 0.665. The van der Waals surface area contributed by atoms with Crippen molar-refractivity contribution in [1.82, 2.24) is 0 Å². The molecule has 0 fully saturated rings. The predicted molar refractivity (Wildman–Crippen MR) is 44.5 cm³/mol. The molecule has 0 N–H and O–H groups in total. The van der Waals surface area contributed by atoms with Crippen LogP contribution in [-0.2, 0) is 4.79 Å². The zero-order valence-electron chi connectivity index (χ0n) is 6.99. The number of hydrogen-bond acceptors (Lipinski definition) is 2. The van der Waals surface area contributed by atoms with Crippen LogP contribution in [0, 0.1) is 0 Å². The second-order valence-corrected chi connectivity index (χ2v) is 2.69. The van der Waals surface area contributed by atoms with Crippen molar-refractivity contribution in [2.75, 3.05) is 0 Å². The van der Waals surface area contributed by atoms with Crippen molar-refractivity contribution >= 4 is 5.97 Å². The predicted octanol–water partition coefficient (Wildman–Crippen LogP) is 0.930. The van der Waals surface area contributed by atoms with Gasteiger partial charge in [-0.05, 0) is 12.0 Å². The van der Waals surface area contributed by atoms with Gasteiger partial charge in [0.2, 0.25) is 0 Å². The molecule has 0 aliphatic rings. The molecule has 2 nitrogen and oxygen atoms in total. The molecule has 0 aromatic heterocycles. The van der Waals surface area contributed by atoms with Crippen LogP contribution in [0.2, 0.25) is 0 Å². The maximum atomic E-state index is 10.6. The smallest absolute Gasteiger partial charge is 0.0489 e. The summed E-state index contributed by atoms with van der Waals surface area (Å²) >= 11 is 0. The first kappa shape index (κ1) is 8.78. The van der Waals surface area contributed by atoms with Gasteiger partial charge < -0.3 is 9.90 Å². The summed E-state index contributed by atoms with van der Waals surface area (Å²) in [7, 11) is 0. The van der Waals surface area contributed by atoms with E-state index in [1.54, 1.807) is 0 Å². The van der Waals surface area contributed by atoms with Crippen molar-refractivity contribution in [3.63, 3.8) is 0 Å². The molecule has 1 aromatic rings. The number of carbonyl (C=O) groups is 1. The Hall–Kier alpha value is -1.31. The van der Waals surface area contributed by atoms with Crippen LogP contribution in [0.4, 0.5) is 0 Å². The molecule has 1 rings (SSSR count). The largest absolute Gasteiger partial charge is 0.549 e. The van der Waals surface area contributed by atoms with E-state index in [9.17, 15) is 9.90 Å². The molecule has 0 radical (unpaired) electrons. The van der Waals surface area contributed by atoms with Crippen LogP contribution in [0.5, 0.6) is 0 Å². The molecule has 0 bridgehead atoms. The lowest BCUT2D eigenvalue weighted by Crippen LogP contribution is -2.29. The van der Waals surface area contributed by atoms with E-state index in [4.69, 9.17) is 0 Å². The van der Waals surface area contributed by atoms with Crippen molar-refractivity contribution in [1.29, 1.82) is 0 Å². The molecule has 64 valence electrons. The molecule has 0 aliphatic carbocycles. The summed E-state index contributed by atoms with van der Waals surface area (Å²) in [5, 5.41) is 10.6. The maximum absolute atomic E-state index is 10.6. The van der Waals surface area contributed by atoms with Crippen LogP contribution in [-0.4, -0.2) is 5.97 Å². The van der Waals surface area contributed by atoms with Crippen molar-refractivity contribution in [3.05, 3.63) is 35.9 Å². The van der Waals surface area contributed by atoms with E-state index in [0.717, 1.165) is 5.56 Å². The monoisotopic (exact) mass is 163 g/mol. The van der Waals surface area contributed by atoms with Crippen LogP contribution in [0.25, 0.3) is 0 Å². The molecule has 1 aromatic carbocycles. The summed E-state index contributed by atoms with van der Waals surface area (Å²) in [5.41, 5.74) is 0.819. The van der Waals surface area contributed by atoms with E-state index in [2.05, 4.69) is 0 Å². The van der Waals surface area contributed by atoms with E-state index < -0.39 is 11.9 Å². The topological polar surface area (TPSA) is 40.1 Å². The standard InChI is InChI=1S/C10H12O2/c1-2-9(10(11)12)8-6-4-3-5-7-8/h3-7,9H,2H2,1H3,(H,11,12)/p-1/t9-/m1/s1. The van der Waals surface area contributed by atoms with Gasteiger partial charge in [0, 0.05) is 11.9 Å². The Bertz CT molecular complexity index is 254. The second kappa shape index (κ2) is 3.90. The number of carboxylic acids is 1. The fourth-order valence-electron chi connectivity index (χ4n) is 1.22. The van der Waals surface area contributed by atoms with Crippen LogP contribution in [0.1, 0.15) is 24.8 Å². The first-order valence-corrected chi connectivity index (χ1v) is 4.01. The molecule has 0 unspecified atom stereocenters. The Kier molecular flexibility index (Phi) is 2.86. The van der Waals surface area contributed by atoms with Crippen molar-refractivity contribution in [2.24, 2.45) is 0 Å². The minimum atomic E-state index is -0.997. The van der Waals surface area contributed by atoms with Crippen LogP contribution in [0.15, 0.2) is 30.3 Å². The van der Waals surface area contributed by atoms with E-state index in [-0.39, 0.29) is 0 Å². The summed E-state index contributed by atoms with van der Waals surface area (Å²) in [6.45, 7) is 1.84. The zero-order chi connectivity index (χ0) is 8.97. The van der Waals surface area contributed by atoms with Crippen molar-refractivity contribution in [2.45, 2.75) is 19.3 Å². The average Bonchev–Trinajstić information content (AvgIpc) is 2.07. The number of rotatable bonds is 3. The summed E-state index contributed by atoms with van der Waals surface area (Å²) in [5.74, 6) is -1.46. The Labute approximate surface area is 71.8 Å². The summed E-state index contributed by atoms with van der Waals surface area (Å²) in [4.78, 5) is 10.6. The lowest BCUT2D eigenvalue weighted by Gasteiger charge is -2.15. The third-order valence-corrected chi connectivity index (χ3v) is 1.89. The van der Waals surface area contributed by atoms with Gasteiger partial charge in [0.25, 0.3) is 0 Å². The Balaban J connectivity index is 2.88.